The molecule has 7 aromatic carbocycles. The lowest BCUT2D eigenvalue weighted by molar-refractivity contribution is 1.07. The second-order valence-corrected chi connectivity index (χ2v) is 12.2. The van der Waals surface area contributed by atoms with E-state index in [9.17, 15) is 4.11 Å². The van der Waals surface area contributed by atoms with Gasteiger partial charge in [-0.1, -0.05) is 170 Å². The monoisotopic (exact) mass is 654 g/mol. The van der Waals surface area contributed by atoms with Crippen LogP contribution in [0.1, 0.15) is 15.1 Å². The van der Waals surface area contributed by atoms with E-state index in [1.165, 1.54) is 0 Å². The highest BCUT2D eigenvalue weighted by Crippen LogP contribution is 2.41. The van der Waals surface area contributed by atoms with Crippen LogP contribution in [0.25, 0.3) is 87.7 Å². The van der Waals surface area contributed by atoms with Gasteiger partial charge in [0, 0.05) is 36.9 Å². The summed E-state index contributed by atoms with van der Waals surface area (Å²) < 4.78 is 97.0. The summed E-state index contributed by atoms with van der Waals surface area (Å²) in [4.78, 5) is 14.5. The molecular formula is C45H29N3S. The van der Waals surface area contributed by atoms with E-state index >= 15 is 0 Å². The Labute approximate surface area is 304 Å². The van der Waals surface area contributed by atoms with Gasteiger partial charge in [-0.15, -0.1) is 11.3 Å². The van der Waals surface area contributed by atoms with Crippen molar-refractivity contribution in [1.82, 2.24) is 15.0 Å². The minimum Gasteiger partial charge on any atom is -0.208 e. The number of hydrogen-bond donors (Lipinski definition) is 0. The predicted octanol–water partition coefficient (Wildman–Crippen LogP) is 12.2. The Morgan fingerprint density at radius 1 is 0.388 bits per heavy atom. The van der Waals surface area contributed by atoms with Gasteiger partial charge in [-0.05, 0) is 39.4 Å². The fourth-order valence-corrected chi connectivity index (χ4v) is 6.83. The van der Waals surface area contributed by atoms with Crippen molar-refractivity contribution in [2.75, 3.05) is 0 Å². The third-order valence-corrected chi connectivity index (χ3v) is 9.29. The predicted molar refractivity (Wildman–Crippen MR) is 205 cm³/mol. The quantitative estimate of drug-likeness (QED) is 0.179. The minimum atomic E-state index is -0.634. The summed E-state index contributed by atoms with van der Waals surface area (Å²) in [5.74, 6) is 0.479. The highest BCUT2D eigenvalue weighted by Gasteiger charge is 2.16. The van der Waals surface area contributed by atoms with Crippen LogP contribution in [0.3, 0.4) is 0 Å². The third kappa shape index (κ3) is 5.58. The summed E-state index contributed by atoms with van der Waals surface area (Å²) in [6.07, 6.45) is 0. The summed E-state index contributed by atoms with van der Waals surface area (Å²) in [7, 11) is 0. The van der Waals surface area contributed by atoms with E-state index in [2.05, 4.69) is 0 Å². The van der Waals surface area contributed by atoms with Gasteiger partial charge in [0.2, 0.25) is 0 Å². The van der Waals surface area contributed by atoms with Gasteiger partial charge in [-0.3, -0.25) is 0 Å². The van der Waals surface area contributed by atoms with Crippen molar-refractivity contribution in [2.45, 2.75) is 0 Å². The van der Waals surface area contributed by atoms with E-state index in [0.717, 1.165) is 33.6 Å². The van der Waals surface area contributed by atoms with E-state index in [4.69, 9.17) is 25.9 Å². The molecule has 0 saturated heterocycles. The van der Waals surface area contributed by atoms with Crippen molar-refractivity contribution < 1.29 is 15.1 Å². The molecule has 0 radical (unpaired) electrons. The summed E-state index contributed by atoms with van der Waals surface area (Å²) >= 11 is 0.891. The van der Waals surface area contributed by atoms with Gasteiger partial charge in [-0.2, -0.15) is 0 Å². The molecule has 0 fully saturated rings. The lowest BCUT2D eigenvalue weighted by Crippen LogP contribution is -2.00. The number of fused-ring (bicyclic) bond motifs is 3. The van der Waals surface area contributed by atoms with Crippen LogP contribution in [0.2, 0.25) is 0 Å². The van der Waals surface area contributed by atoms with E-state index in [1.807, 2.05) is 109 Å². The van der Waals surface area contributed by atoms with E-state index in [0.29, 0.717) is 11.1 Å². The average Bonchev–Trinajstić information content (AvgIpc) is 3.69. The lowest BCUT2D eigenvalue weighted by Gasteiger charge is -2.10. The molecule has 0 N–H and O–H groups in total. The molecular weight excluding hydrogens is 615 g/mol. The Bertz CT molecular complexity index is 3060. The van der Waals surface area contributed by atoms with Crippen LogP contribution in [0.5, 0.6) is 0 Å². The maximum absolute atomic E-state index is 9.57. The zero-order valence-electron chi connectivity index (χ0n) is 36.6. The summed E-state index contributed by atoms with van der Waals surface area (Å²) in [6.45, 7) is 0. The second kappa shape index (κ2) is 12.4. The standard InChI is InChI=1S/C45H29N3S/c1-4-11-30(12-5-1)32-19-23-35(24-20-32)43-46-44(36-25-21-33(22-26-36)31-13-6-2-7-14-31)48-45(47-43)37-27-28-39-40-18-10-17-38(34-15-8-3-9-16-34)42(40)49-41(39)29-37/h1-29H/i3D,8D,9D,10D,15D,16D,17D,18D,27D,28D,29D. The van der Waals surface area contributed by atoms with Crippen molar-refractivity contribution in [1.29, 1.82) is 0 Å². The molecule has 9 aromatic rings. The van der Waals surface area contributed by atoms with Crippen molar-refractivity contribution in [3.05, 3.63) is 176 Å². The summed E-state index contributed by atoms with van der Waals surface area (Å²) in [6, 6.07) is 29.4. The third-order valence-electron chi connectivity index (χ3n) is 8.17. The van der Waals surface area contributed by atoms with Gasteiger partial charge in [-0.25, -0.2) is 15.0 Å². The van der Waals surface area contributed by atoms with Gasteiger partial charge < -0.3 is 0 Å². The van der Waals surface area contributed by atoms with Crippen molar-refractivity contribution in [2.24, 2.45) is 0 Å². The highest BCUT2D eigenvalue weighted by atomic mass is 32.1. The van der Waals surface area contributed by atoms with Crippen LogP contribution in [0, 0.1) is 0 Å². The first-order valence-corrected chi connectivity index (χ1v) is 16.3. The largest absolute Gasteiger partial charge is 0.208 e. The van der Waals surface area contributed by atoms with Crippen molar-refractivity contribution >= 4 is 31.5 Å². The molecule has 9 rings (SSSR count). The lowest BCUT2D eigenvalue weighted by atomic mass is 10.0. The van der Waals surface area contributed by atoms with Crippen LogP contribution < -0.4 is 0 Å². The molecule has 0 unspecified atom stereocenters. The smallest absolute Gasteiger partial charge is 0.164 e. The molecule has 3 nitrogen and oxygen atoms in total. The first-order chi connectivity index (χ1) is 28.8. The maximum atomic E-state index is 9.57. The van der Waals surface area contributed by atoms with Crippen LogP contribution in [-0.4, -0.2) is 15.0 Å². The molecule has 49 heavy (non-hydrogen) atoms. The molecule has 0 aliphatic carbocycles. The van der Waals surface area contributed by atoms with Crippen LogP contribution in [0.15, 0.2) is 176 Å². The maximum Gasteiger partial charge on any atom is 0.164 e. The van der Waals surface area contributed by atoms with Crippen LogP contribution >= 0.6 is 11.3 Å². The van der Waals surface area contributed by atoms with Gasteiger partial charge in [0.15, 0.2) is 17.5 Å². The number of rotatable bonds is 6. The van der Waals surface area contributed by atoms with Crippen molar-refractivity contribution in [3.8, 4) is 67.5 Å². The molecule has 0 aliphatic heterocycles. The first kappa shape index (κ1) is 19.6. The molecule has 0 spiro atoms. The van der Waals surface area contributed by atoms with Gasteiger partial charge >= 0.3 is 0 Å². The Balaban J connectivity index is 1.28. The Morgan fingerprint density at radius 2 is 0.898 bits per heavy atom. The number of nitrogens with zero attached hydrogens (tertiary/aromatic N) is 3. The van der Waals surface area contributed by atoms with Gasteiger partial charge in [0.1, 0.15) is 0 Å². The Morgan fingerprint density at radius 3 is 1.47 bits per heavy atom. The van der Waals surface area contributed by atoms with E-state index in [1.54, 1.807) is 0 Å². The van der Waals surface area contributed by atoms with Crippen LogP contribution in [-0.2, 0) is 0 Å². The normalized spacial score (nSPS) is 14.4. The topological polar surface area (TPSA) is 38.7 Å². The molecule has 0 bridgehead atoms. The molecule has 2 aromatic heterocycles. The zero-order chi connectivity index (χ0) is 42.1. The van der Waals surface area contributed by atoms with Crippen molar-refractivity contribution in [3.63, 3.8) is 0 Å². The molecule has 0 amide bonds. The SMILES string of the molecule is [2H]c1c([2H])c([2H])c(-c2c([2H])c([2H])c([2H])c3c2sc2c([2H])c(-c4nc(-c5ccc(-c6ccccc6)cc5)nc(-c5ccc(-c6ccccc6)cc5)n4)c([2H])c([2H])c23)c([2H])c1[2H]. The van der Waals surface area contributed by atoms with E-state index in [-0.39, 0.29) is 66.4 Å². The number of benzene rings is 7. The number of aromatic nitrogens is 3. The van der Waals surface area contributed by atoms with E-state index < -0.39 is 54.4 Å². The molecule has 230 valence electrons. The number of thiophene rings is 1. The van der Waals surface area contributed by atoms with Crippen LogP contribution in [0.4, 0.5) is 0 Å². The fourth-order valence-electron chi connectivity index (χ4n) is 5.71. The Hall–Kier alpha value is -6.23. The molecule has 2 heterocycles. The Kier molecular flexibility index (Phi) is 4.96. The number of hydrogen-bond acceptors (Lipinski definition) is 4. The summed E-state index contributed by atoms with van der Waals surface area (Å²) in [5, 5.41) is -0.0197. The fraction of sp³-hybridized carbons (Fsp3) is 0. The summed E-state index contributed by atoms with van der Waals surface area (Å²) in [5.41, 5.74) is 4.69. The average molecular weight is 655 g/mol. The van der Waals surface area contributed by atoms with Gasteiger partial charge in [0.25, 0.3) is 0 Å². The molecule has 0 aliphatic rings. The molecule has 4 heteroatoms. The molecule has 0 saturated carbocycles. The van der Waals surface area contributed by atoms with Gasteiger partial charge in [0.05, 0.1) is 15.1 Å². The zero-order valence-corrected chi connectivity index (χ0v) is 26.5. The highest BCUT2D eigenvalue weighted by molar-refractivity contribution is 7.26. The minimum absolute atomic E-state index is 0.00312. The first-order valence-electron chi connectivity index (χ1n) is 21.0. The molecule has 0 atom stereocenters. The second-order valence-electron chi connectivity index (χ2n) is 11.2.